The predicted octanol–water partition coefficient (Wildman–Crippen LogP) is 4.35. The van der Waals surface area contributed by atoms with Crippen LogP contribution in [-0.2, 0) is 4.79 Å². The SMILES string of the molecule is O=C(NCCOc1ccc(F)cc1)C1CCCN(c2ccc(-c3ccc(Cl)cc3)nn2)C1. The average molecular weight is 455 g/mol. The number of nitrogens with one attached hydrogen (secondary N) is 1. The van der Waals surface area contributed by atoms with E-state index in [-0.39, 0.29) is 17.6 Å². The minimum atomic E-state index is -0.309. The Morgan fingerprint density at radius 2 is 1.88 bits per heavy atom. The van der Waals surface area contributed by atoms with E-state index in [1.165, 1.54) is 12.1 Å². The summed E-state index contributed by atoms with van der Waals surface area (Å²) in [4.78, 5) is 14.7. The minimum absolute atomic E-state index is 0.00292. The number of hydrogen-bond donors (Lipinski definition) is 1. The average Bonchev–Trinajstić information content (AvgIpc) is 2.83. The van der Waals surface area contributed by atoms with E-state index in [1.807, 2.05) is 36.4 Å². The molecule has 1 atom stereocenters. The van der Waals surface area contributed by atoms with Crippen molar-refractivity contribution in [3.8, 4) is 17.0 Å². The highest BCUT2D eigenvalue weighted by Crippen LogP contribution is 2.24. The van der Waals surface area contributed by atoms with Gasteiger partial charge in [-0.3, -0.25) is 4.79 Å². The van der Waals surface area contributed by atoms with Crippen molar-refractivity contribution in [3.05, 3.63) is 71.5 Å². The number of carbonyl (C=O) groups excluding carboxylic acids is 1. The van der Waals surface area contributed by atoms with Crippen molar-refractivity contribution in [2.75, 3.05) is 31.1 Å². The van der Waals surface area contributed by atoms with Crippen LogP contribution in [0.5, 0.6) is 5.75 Å². The van der Waals surface area contributed by atoms with Crippen molar-refractivity contribution in [2.24, 2.45) is 5.92 Å². The summed E-state index contributed by atoms with van der Waals surface area (Å²) in [5, 5.41) is 12.3. The normalized spacial score (nSPS) is 15.9. The summed E-state index contributed by atoms with van der Waals surface area (Å²) in [7, 11) is 0. The summed E-state index contributed by atoms with van der Waals surface area (Å²) in [5.74, 6) is 0.914. The summed E-state index contributed by atoms with van der Waals surface area (Å²) in [5.41, 5.74) is 1.73. The molecule has 1 saturated heterocycles. The first kappa shape index (κ1) is 22.0. The molecule has 0 spiro atoms. The van der Waals surface area contributed by atoms with E-state index in [4.69, 9.17) is 16.3 Å². The second-order valence-corrected chi connectivity index (χ2v) is 8.10. The van der Waals surface area contributed by atoms with Crippen molar-refractivity contribution in [1.82, 2.24) is 15.5 Å². The number of benzene rings is 2. The minimum Gasteiger partial charge on any atom is -0.492 e. The van der Waals surface area contributed by atoms with E-state index in [2.05, 4.69) is 20.4 Å². The van der Waals surface area contributed by atoms with Crippen molar-refractivity contribution in [3.63, 3.8) is 0 Å². The number of aromatic nitrogens is 2. The number of halogens is 2. The fourth-order valence-electron chi connectivity index (χ4n) is 3.69. The van der Waals surface area contributed by atoms with Gasteiger partial charge in [0.1, 0.15) is 18.2 Å². The molecule has 3 aromatic rings. The number of rotatable bonds is 7. The molecule has 1 aliphatic heterocycles. The Balaban J connectivity index is 1.27. The van der Waals surface area contributed by atoms with Crippen molar-refractivity contribution < 1.29 is 13.9 Å². The third-order valence-electron chi connectivity index (χ3n) is 5.39. The fraction of sp³-hybridized carbons (Fsp3) is 0.292. The van der Waals surface area contributed by atoms with Crippen LogP contribution >= 0.6 is 11.6 Å². The Hall–Kier alpha value is -3.19. The van der Waals surface area contributed by atoms with Crippen molar-refractivity contribution in [2.45, 2.75) is 12.8 Å². The molecule has 0 bridgehead atoms. The third kappa shape index (κ3) is 5.73. The van der Waals surface area contributed by atoms with Crippen LogP contribution in [0.2, 0.25) is 5.02 Å². The number of nitrogens with zero attached hydrogens (tertiary/aromatic N) is 3. The highest BCUT2D eigenvalue weighted by Gasteiger charge is 2.26. The van der Waals surface area contributed by atoms with Gasteiger partial charge < -0.3 is 15.0 Å². The molecule has 0 aliphatic carbocycles. The molecular weight excluding hydrogens is 431 g/mol. The first-order valence-electron chi connectivity index (χ1n) is 10.6. The Kier molecular flexibility index (Phi) is 7.17. The number of hydrogen-bond acceptors (Lipinski definition) is 5. The number of piperidine rings is 1. The zero-order valence-corrected chi connectivity index (χ0v) is 18.3. The largest absolute Gasteiger partial charge is 0.492 e. The first-order chi connectivity index (χ1) is 15.6. The molecule has 32 heavy (non-hydrogen) atoms. The standard InChI is InChI=1S/C24H24ClFN4O2/c25-19-5-3-17(4-6-19)22-11-12-23(29-28-22)30-14-1-2-18(16-30)24(31)27-13-15-32-21-9-7-20(26)8-10-21/h3-12,18H,1-2,13-16H2,(H,27,31). The summed E-state index contributed by atoms with van der Waals surface area (Å²) in [6.45, 7) is 2.15. The van der Waals surface area contributed by atoms with Gasteiger partial charge in [-0.05, 0) is 61.4 Å². The summed E-state index contributed by atoms with van der Waals surface area (Å²) < 4.78 is 18.4. The lowest BCUT2D eigenvalue weighted by Crippen LogP contribution is -2.44. The molecule has 6 nitrogen and oxygen atoms in total. The molecule has 4 rings (SSSR count). The third-order valence-corrected chi connectivity index (χ3v) is 5.64. The molecule has 1 fully saturated rings. The smallest absolute Gasteiger partial charge is 0.225 e. The number of carbonyl (C=O) groups is 1. The molecule has 1 aliphatic rings. The summed E-state index contributed by atoms with van der Waals surface area (Å²) >= 11 is 5.94. The van der Waals surface area contributed by atoms with E-state index < -0.39 is 0 Å². The first-order valence-corrected chi connectivity index (χ1v) is 11.0. The highest BCUT2D eigenvalue weighted by atomic mass is 35.5. The highest BCUT2D eigenvalue weighted by molar-refractivity contribution is 6.30. The monoisotopic (exact) mass is 454 g/mol. The Labute approximate surface area is 191 Å². The van der Waals surface area contributed by atoms with Gasteiger partial charge in [0.25, 0.3) is 0 Å². The molecule has 1 amide bonds. The van der Waals surface area contributed by atoms with Crippen LogP contribution in [0.25, 0.3) is 11.3 Å². The van der Waals surface area contributed by atoms with Crippen LogP contribution < -0.4 is 15.0 Å². The van der Waals surface area contributed by atoms with Crippen molar-refractivity contribution >= 4 is 23.3 Å². The topological polar surface area (TPSA) is 67.3 Å². The fourth-order valence-corrected chi connectivity index (χ4v) is 3.81. The lowest BCUT2D eigenvalue weighted by molar-refractivity contribution is -0.125. The molecule has 1 unspecified atom stereocenters. The van der Waals surface area contributed by atoms with Crippen LogP contribution in [0.15, 0.2) is 60.7 Å². The second-order valence-electron chi connectivity index (χ2n) is 7.66. The van der Waals surface area contributed by atoms with Crippen LogP contribution in [0.4, 0.5) is 10.2 Å². The molecule has 2 aromatic carbocycles. The van der Waals surface area contributed by atoms with Gasteiger partial charge in [0, 0.05) is 23.7 Å². The quantitative estimate of drug-likeness (QED) is 0.538. The maximum atomic E-state index is 12.9. The molecule has 166 valence electrons. The molecule has 1 N–H and O–H groups in total. The molecule has 1 aromatic heterocycles. The maximum Gasteiger partial charge on any atom is 0.225 e. The molecule has 0 radical (unpaired) electrons. The van der Waals surface area contributed by atoms with Crippen LogP contribution in [0.3, 0.4) is 0 Å². The number of ether oxygens (including phenoxy) is 1. The summed E-state index contributed by atoms with van der Waals surface area (Å²) in [6, 6.07) is 17.2. The Bertz CT molecular complexity index is 1030. The molecule has 2 heterocycles. The summed E-state index contributed by atoms with van der Waals surface area (Å²) in [6.07, 6.45) is 1.74. The van der Waals surface area contributed by atoms with Gasteiger partial charge in [-0.25, -0.2) is 4.39 Å². The lowest BCUT2D eigenvalue weighted by atomic mass is 9.97. The molecular formula is C24H24ClFN4O2. The van der Waals surface area contributed by atoms with E-state index in [0.29, 0.717) is 30.5 Å². The number of amides is 1. The lowest BCUT2D eigenvalue weighted by Gasteiger charge is -2.32. The van der Waals surface area contributed by atoms with Crippen LogP contribution in [0.1, 0.15) is 12.8 Å². The van der Waals surface area contributed by atoms with Crippen LogP contribution in [0, 0.1) is 11.7 Å². The van der Waals surface area contributed by atoms with Gasteiger partial charge >= 0.3 is 0 Å². The van der Waals surface area contributed by atoms with Gasteiger partial charge in [-0.15, -0.1) is 10.2 Å². The maximum absolute atomic E-state index is 12.9. The van der Waals surface area contributed by atoms with Crippen LogP contribution in [-0.4, -0.2) is 42.3 Å². The Morgan fingerprint density at radius 1 is 1.09 bits per heavy atom. The van der Waals surface area contributed by atoms with Gasteiger partial charge in [-0.1, -0.05) is 23.7 Å². The zero-order valence-electron chi connectivity index (χ0n) is 17.5. The zero-order chi connectivity index (χ0) is 22.3. The van der Waals surface area contributed by atoms with Crippen molar-refractivity contribution in [1.29, 1.82) is 0 Å². The van der Waals surface area contributed by atoms with E-state index >= 15 is 0 Å². The molecule has 0 saturated carbocycles. The van der Waals surface area contributed by atoms with Gasteiger partial charge in [0.05, 0.1) is 18.2 Å². The van der Waals surface area contributed by atoms with E-state index in [1.54, 1.807) is 12.1 Å². The van der Waals surface area contributed by atoms with E-state index in [0.717, 1.165) is 36.5 Å². The van der Waals surface area contributed by atoms with Gasteiger partial charge in [0.2, 0.25) is 5.91 Å². The van der Waals surface area contributed by atoms with Gasteiger partial charge in [0.15, 0.2) is 5.82 Å². The van der Waals surface area contributed by atoms with Gasteiger partial charge in [-0.2, -0.15) is 0 Å². The second kappa shape index (κ2) is 10.4. The number of anilines is 1. The molecule has 8 heteroatoms. The van der Waals surface area contributed by atoms with E-state index in [9.17, 15) is 9.18 Å². The Morgan fingerprint density at radius 3 is 2.59 bits per heavy atom. The predicted molar refractivity (Wildman–Crippen MR) is 122 cm³/mol.